The summed E-state index contributed by atoms with van der Waals surface area (Å²) in [6, 6.07) is 6.82. The summed E-state index contributed by atoms with van der Waals surface area (Å²) < 4.78 is 18.8. The number of aryl methyl sites for hydroxylation is 2. The molecule has 2 fully saturated rings. The summed E-state index contributed by atoms with van der Waals surface area (Å²) in [5.74, 6) is 1.52. The lowest BCUT2D eigenvalue weighted by molar-refractivity contribution is 0.218. The van der Waals surface area contributed by atoms with Crippen LogP contribution in [0.25, 0.3) is 0 Å². The molecule has 1 N–H and O–H groups in total. The minimum absolute atomic E-state index is 0.175. The summed E-state index contributed by atoms with van der Waals surface area (Å²) in [6.45, 7) is 9.79. The van der Waals surface area contributed by atoms with Crippen LogP contribution < -0.4 is 10.2 Å². The van der Waals surface area contributed by atoms with Crippen LogP contribution in [0.5, 0.6) is 0 Å². The average Bonchev–Trinajstić information content (AvgIpc) is 3.31. The van der Waals surface area contributed by atoms with Crippen LogP contribution in [0.4, 0.5) is 10.1 Å². The van der Waals surface area contributed by atoms with Gasteiger partial charge in [0.2, 0.25) is 0 Å². The number of aromatic nitrogens is 1. The van der Waals surface area contributed by atoms with E-state index in [4.69, 9.17) is 4.42 Å². The smallest absolute Gasteiger partial charge is 0.191 e. The van der Waals surface area contributed by atoms with Gasteiger partial charge in [-0.3, -0.25) is 4.90 Å². The third kappa shape index (κ3) is 3.91. The zero-order valence-corrected chi connectivity index (χ0v) is 15.6. The van der Waals surface area contributed by atoms with Gasteiger partial charge >= 0.3 is 0 Å². The molecular formula is C20H27FN4O. The van der Waals surface area contributed by atoms with Crippen LogP contribution >= 0.6 is 0 Å². The van der Waals surface area contributed by atoms with Crippen LogP contribution in [-0.2, 0) is 6.54 Å². The highest BCUT2D eigenvalue weighted by molar-refractivity contribution is 5.46. The van der Waals surface area contributed by atoms with Crippen LogP contribution in [0.2, 0.25) is 0 Å². The fourth-order valence-electron chi connectivity index (χ4n) is 3.79. The van der Waals surface area contributed by atoms with Crippen molar-refractivity contribution >= 4 is 5.69 Å². The summed E-state index contributed by atoms with van der Waals surface area (Å²) >= 11 is 0. The number of benzene rings is 1. The fourth-order valence-corrected chi connectivity index (χ4v) is 3.79. The molecule has 5 nitrogen and oxygen atoms in total. The molecule has 0 unspecified atom stereocenters. The molecule has 6 heteroatoms. The van der Waals surface area contributed by atoms with Crippen LogP contribution in [0.1, 0.15) is 30.2 Å². The summed E-state index contributed by atoms with van der Waals surface area (Å²) in [5, 5.41) is 3.71. The molecule has 0 bridgehead atoms. The lowest BCUT2D eigenvalue weighted by atomic mass is 10.2. The molecule has 0 radical (unpaired) electrons. The average molecular weight is 358 g/mol. The Balaban J connectivity index is 1.27. The standard InChI is InChI=1S/C20H27FN4O/c1-15-19(26-16(2)23-15)13-22-20(7-8-20)14-24-9-11-25(12-10-24)18-5-3-17(21)4-6-18/h3-6,22H,7-14H2,1-2H3. The summed E-state index contributed by atoms with van der Waals surface area (Å²) in [5.41, 5.74) is 2.32. The van der Waals surface area contributed by atoms with Gasteiger partial charge in [0.05, 0.1) is 12.2 Å². The largest absolute Gasteiger partial charge is 0.444 e. The van der Waals surface area contributed by atoms with Gasteiger partial charge in [-0.15, -0.1) is 0 Å². The van der Waals surface area contributed by atoms with E-state index in [1.54, 1.807) is 0 Å². The second-order valence-electron chi connectivity index (χ2n) is 7.61. The minimum atomic E-state index is -0.175. The van der Waals surface area contributed by atoms with Gasteiger partial charge in [-0.2, -0.15) is 0 Å². The Morgan fingerprint density at radius 1 is 1.12 bits per heavy atom. The van der Waals surface area contributed by atoms with Crippen molar-refractivity contribution in [2.45, 2.75) is 38.8 Å². The molecule has 1 saturated heterocycles. The second kappa shape index (κ2) is 7.00. The number of oxazole rings is 1. The zero-order valence-electron chi connectivity index (χ0n) is 15.6. The SMILES string of the molecule is Cc1nc(C)c(CNC2(CN3CCN(c4ccc(F)cc4)CC3)CC2)o1. The van der Waals surface area contributed by atoms with Gasteiger partial charge in [-0.1, -0.05) is 0 Å². The molecule has 1 aromatic carbocycles. The molecule has 26 heavy (non-hydrogen) atoms. The number of hydrogen-bond acceptors (Lipinski definition) is 5. The molecule has 4 rings (SSSR count). The van der Waals surface area contributed by atoms with E-state index in [1.807, 2.05) is 26.0 Å². The van der Waals surface area contributed by atoms with Crippen LogP contribution in [0.3, 0.4) is 0 Å². The van der Waals surface area contributed by atoms with Crippen molar-refractivity contribution in [2.75, 3.05) is 37.6 Å². The van der Waals surface area contributed by atoms with Crippen LogP contribution in [-0.4, -0.2) is 48.1 Å². The predicted octanol–water partition coefficient (Wildman–Crippen LogP) is 2.87. The van der Waals surface area contributed by atoms with E-state index in [9.17, 15) is 4.39 Å². The molecule has 0 atom stereocenters. The summed E-state index contributed by atoms with van der Waals surface area (Å²) in [6.07, 6.45) is 2.44. The maximum Gasteiger partial charge on any atom is 0.191 e. The van der Waals surface area contributed by atoms with E-state index >= 15 is 0 Å². The molecule has 1 aromatic heterocycles. The topological polar surface area (TPSA) is 44.5 Å². The monoisotopic (exact) mass is 358 g/mol. The number of nitrogens with one attached hydrogen (secondary N) is 1. The number of nitrogens with zero attached hydrogens (tertiary/aromatic N) is 3. The molecule has 0 amide bonds. The molecule has 140 valence electrons. The number of rotatable bonds is 6. The Morgan fingerprint density at radius 2 is 1.81 bits per heavy atom. The molecule has 0 spiro atoms. The van der Waals surface area contributed by atoms with Crippen molar-refractivity contribution in [1.82, 2.24) is 15.2 Å². The first-order valence-corrected chi connectivity index (χ1v) is 9.44. The Bertz CT molecular complexity index is 746. The van der Waals surface area contributed by atoms with E-state index in [2.05, 4.69) is 20.1 Å². The van der Waals surface area contributed by atoms with Gasteiger partial charge in [0, 0.05) is 50.9 Å². The maximum atomic E-state index is 13.1. The van der Waals surface area contributed by atoms with E-state index < -0.39 is 0 Å². The summed E-state index contributed by atoms with van der Waals surface area (Å²) in [4.78, 5) is 9.22. The molecule has 1 aliphatic heterocycles. The normalized spacial score (nSPS) is 19.7. The van der Waals surface area contributed by atoms with E-state index in [-0.39, 0.29) is 11.4 Å². The van der Waals surface area contributed by atoms with E-state index in [0.717, 1.165) is 62.3 Å². The zero-order chi connectivity index (χ0) is 18.1. The molecule has 2 aliphatic rings. The van der Waals surface area contributed by atoms with Crippen molar-refractivity contribution in [1.29, 1.82) is 0 Å². The highest BCUT2D eigenvalue weighted by Crippen LogP contribution is 2.37. The third-order valence-electron chi connectivity index (χ3n) is 5.57. The van der Waals surface area contributed by atoms with Gasteiger partial charge < -0.3 is 14.6 Å². The number of halogens is 1. The van der Waals surface area contributed by atoms with Crippen LogP contribution in [0, 0.1) is 19.7 Å². The van der Waals surface area contributed by atoms with Crippen molar-refractivity contribution in [3.05, 3.63) is 47.4 Å². The van der Waals surface area contributed by atoms with Crippen molar-refractivity contribution in [2.24, 2.45) is 0 Å². The second-order valence-corrected chi connectivity index (χ2v) is 7.61. The number of anilines is 1. The Labute approximate surface area is 154 Å². The quantitative estimate of drug-likeness (QED) is 0.860. The van der Waals surface area contributed by atoms with Crippen molar-refractivity contribution in [3.63, 3.8) is 0 Å². The van der Waals surface area contributed by atoms with E-state index in [0.29, 0.717) is 0 Å². The van der Waals surface area contributed by atoms with Crippen molar-refractivity contribution in [3.8, 4) is 0 Å². The highest BCUT2D eigenvalue weighted by Gasteiger charge is 2.44. The molecule has 2 heterocycles. The molecule has 1 saturated carbocycles. The fraction of sp³-hybridized carbons (Fsp3) is 0.550. The van der Waals surface area contributed by atoms with Gasteiger partial charge in [-0.25, -0.2) is 9.37 Å². The third-order valence-corrected chi connectivity index (χ3v) is 5.57. The first kappa shape index (κ1) is 17.5. The lowest BCUT2D eigenvalue weighted by Crippen LogP contribution is -2.51. The number of piperazine rings is 1. The Kier molecular flexibility index (Phi) is 4.71. The van der Waals surface area contributed by atoms with Gasteiger partial charge in [0.1, 0.15) is 11.6 Å². The first-order valence-electron chi connectivity index (χ1n) is 9.44. The molecular weight excluding hydrogens is 331 g/mol. The highest BCUT2D eigenvalue weighted by atomic mass is 19.1. The van der Waals surface area contributed by atoms with Gasteiger partial charge in [0.25, 0.3) is 0 Å². The van der Waals surface area contributed by atoms with E-state index in [1.165, 1.54) is 25.0 Å². The predicted molar refractivity (Wildman–Crippen MR) is 99.8 cm³/mol. The lowest BCUT2D eigenvalue weighted by Gasteiger charge is -2.38. The van der Waals surface area contributed by atoms with Gasteiger partial charge in [-0.05, 0) is 44.0 Å². The number of hydrogen-bond donors (Lipinski definition) is 1. The molecule has 2 aromatic rings. The summed E-state index contributed by atoms with van der Waals surface area (Å²) in [7, 11) is 0. The first-order chi connectivity index (χ1) is 12.5. The Morgan fingerprint density at radius 3 is 2.38 bits per heavy atom. The minimum Gasteiger partial charge on any atom is -0.444 e. The van der Waals surface area contributed by atoms with Gasteiger partial charge in [0.15, 0.2) is 5.89 Å². The Hall–Kier alpha value is -1.92. The van der Waals surface area contributed by atoms with Crippen LogP contribution in [0.15, 0.2) is 28.7 Å². The van der Waals surface area contributed by atoms with Crippen molar-refractivity contribution < 1.29 is 8.81 Å². The maximum absolute atomic E-state index is 13.1. The molecule has 1 aliphatic carbocycles.